The molecule has 0 saturated carbocycles. The van der Waals surface area contributed by atoms with Gasteiger partial charge in [-0.15, -0.1) is 0 Å². The van der Waals surface area contributed by atoms with Gasteiger partial charge in [0.2, 0.25) is 0 Å². The summed E-state index contributed by atoms with van der Waals surface area (Å²) in [5, 5.41) is 7.13. The van der Waals surface area contributed by atoms with E-state index in [9.17, 15) is 4.79 Å². The second-order valence-electron chi connectivity index (χ2n) is 5.14. The number of rotatable bonds is 9. The van der Waals surface area contributed by atoms with Crippen molar-refractivity contribution in [1.29, 1.82) is 0 Å². The van der Waals surface area contributed by atoms with E-state index >= 15 is 0 Å². The van der Waals surface area contributed by atoms with Gasteiger partial charge in [0, 0.05) is 16.8 Å². The first-order valence-corrected chi connectivity index (χ1v) is 8.60. The Morgan fingerprint density at radius 2 is 1.77 bits per heavy atom. The number of nitrogens with one attached hydrogen (secondary N) is 1. The van der Waals surface area contributed by atoms with Crippen LogP contribution in [0.3, 0.4) is 0 Å². The third-order valence-electron chi connectivity index (χ3n) is 3.17. The van der Waals surface area contributed by atoms with E-state index in [0.29, 0.717) is 35.4 Å². The van der Waals surface area contributed by atoms with Gasteiger partial charge in [-0.1, -0.05) is 28.9 Å². The molecule has 1 N–H and O–H groups in total. The van der Waals surface area contributed by atoms with Gasteiger partial charge in [0.25, 0.3) is 5.91 Å². The van der Waals surface area contributed by atoms with E-state index in [2.05, 4.69) is 10.5 Å². The number of hydrogen-bond donors (Lipinski definition) is 1. The monoisotopic (exact) mass is 376 g/mol. The normalized spacial score (nSPS) is 10.6. The molecule has 0 fully saturated rings. The molecule has 0 unspecified atom stereocenters. The Bertz CT molecular complexity index is 748. The quantitative estimate of drug-likeness (QED) is 0.527. The molecule has 0 aliphatic carbocycles. The van der Waals surface area contributed by atoms with Crippen molar-refractivity contribution in [1.82, 2.24) is 0 Å². The average molecular weight is 377 g/mol. The highest BCUT2D eigenvalue weighted by molar-refractivity contribution is 6.30. The standard InChI is InChI=1S/C19H21ClN2O4/c1-3-24-17-10-9-16(11-18(17)25-4-2)22-19(23)13-26-21-12-14-5-7-15(20)8-6-14/h5-12H,3-4,13H2,1-2H3,(H,22,23)/b21-12-. The molecule has 7 heteroatoms. The highest BCUT2D eigenvalue weighted by Crippen LogP contribution is 2.30. The smallest absolute Gasteiger partial charge is 0.265 e. The highest BCUT2D eigenvalue weighted by Gasteiger charge is 2.08. The molecule has 0 bridgehead atoms. The number of halogens is 1. The molecule has 0 radical (unpaired) electrons. The van der Waals surface area contributed by atoms with Crippen LogP contribution in [0.1, 0.15) is 19.4 Å². The van der Waals surface area contributed by atoms with E-state index in [1.165, 1.54) is 6.21 Å². The summed E-state index contributed by atoms with van der Waals surface area (Å²) in [5.41, 5.74) is 1.41. The van der Waals surface area contributed by atoms with Crippen LogP contribution in [0.4, 0.5) is 5.69 Å². The first-order chi connectivity index (χ1) is 12.6. The molecule has 138 valence electrons. The van der Waals surface area contributed by atoms with E-state index in [-0.39, 0.29) is 12.5 Å². The molecule has 0 heterocycles. The van der Waals surface area contributed by atoms with Crippen LogP contribution < -0.4 is 14.8 Å². The van der Waals surface area contributed by atoms with Crippen LogP contribution in [0, 0.1) is 0 Å². The summed E-state index contributed by atoms with van der Waals surface area (Å²) in [6.07, 6.45) is 1.51. The van der Waals surface area contributed by atoms with Crippen LogP contribution >= 0.6 is 11.6 Å². The lowest BCUT2D eigenvalue weighted by Crippen LogP contribution is -2.17. The number of hydrogen-bond acceptors (Lipinski definition) is 5. The van der Waals surface area contributed by atoms with Crippen molar-refractivity contribution in [2.24, 2.45) is 5.16 Å². The number of carbonyl (C=O) groups is 1. The maximum absolute atomic E-state index is 11.9. The molecule has 2 rings (SSSR count). The number of anilines is 1. The number of amides is 1. The molecule has 0 aromatic heterocycles. The summed E-state index contributed by atoms with van der Waals surface area (Å²) in [6, 6.07) is 12.3. The summed E-state index contributed by atoms with van der Waals surface area (Å²) in [5.74, 6) is 0.884. The van der Waals surface area contributed by atoms with Crippen molar-refractivity contribution >= 4 is 29.4 Å². The van der Waals surface area contributed by atoms with Gasteiger partial charge in [-0.05, 0) is 43.7 Å². The second kappa shape index (κ2) is 10.3. The molecule has 26 heavy (non-hydrogen) atoms. The zero-order valence-corrected chi connectivity index (χ0v) is 15.5. The fourth-order valence-electron chi connectivity index (χ4n) is 2.07. The Balaban J connectivity index is 1.86. The molecule has 0 atom stereocenters. The van der Waals surface area contributed by atoms with Crippen LogP contribution in [-0.2, 0) is 9.63 Å². The number of ether oxygens (including phenoxy) is 2. The largest absolute Gasteiger partial charge is 0.490 e. The molecular formula is C19H21ClN2O4. The first kappa shape index (κ1) is 19.6. The second-order valence-corrected chi connectivity index (χ2v) is 5.57. The predicted octanol–water partition coefficient (Wildman–Crippen LogP) is 4.13. The van der Waals surface area contributed by atoms with Crippen LogP contribution in [-0.4, -0.2) is 31.9 Å². The van der Waals surface area contributed by atoms with E-state index in [1.54, 1.807) is 42.5 Å². The number of oxime groups is 1. The third-order valence-corrected chi connectivity index (χ3v) is 3.42. The van der Waals surface area contributed by atoms with Gasteiger partial charge in [-0.3, -0.25) is 4.79 Å². The summed E-state index contributed by atoms with van der Waals surface area (Å²) >= 11 is 5.80. The lowest BCUT2D eigenvalue weighted by Gasteiger charge is -2.12. The number of nitrogens with zero attached hydrogens (tertiary/aromatic N) is 1. The SMILES string of the molecule is CCOc1ccc(NC(=O)CO/N=C\c2ccc(Cl)cc2)cc1OCC. The molecule has 0 aliphatic heterocycles. The molecule has 0 spiro atoms. The molecule has 2 aromatic rings. The van der Waals surface area contributed by atoms with Crippen LogP contribution in [0.5, 0.6) is 11.5 Å². The molecular weight excluding hydrogens is 356 g/mol. The minimum absolute atomic E-state index is 0.207. The zero-order valence-electron chi connectivity index (χ0n) is 14.7. The summed E-state index contributed by atoms with van der Waals surface area (Å²) in [4.78, 5) is 17.0. The maximum atomic E-state index is 11.9. The number of carbonyl (C=O) groups excluding carboxylic acids is 1. The zero-order chi connectivity index (χ0) is 18.8. The van der Waals surface area contributed by atoms with E-state index in [4.69, 9.17) is 25.9 Å². The van der Waals surface area contributed by atoms with Gasteiger partial charge in [-0.25, -0.2) is 0 Å². The van der Waals surface area contributed by atoms with Gasteiger partial charge >= 0.3 is 0 Å². The van der Waals surface area contributed by atoms with Gasteiger partial charge in [0.1, 0.15) is 0 Å². The topological polar surface area (TPSA) is 69.2 Å². The maximum Gasteiger partial charge on any atom is 0.265 e. The van der Waals surface area contributed by atoms with E-state index < -0.39 is 0 Å². The van der Waals surface area contributed by atoms with Crippen molar-refractivity contribution in [2.75, 3.05) is 25.1 Å². The van der Waals surface area contributed by atoms with E-state index in [0.717, 1.165) is 5.56 Å². The van der Waals surface area contributed by atoms with Crippen molar-refractivity contribution in [3.63, 3.8) is 0 Å². The minimum Gasteiger partial charge on any atom is -0.490 e. The fraction of sp³-hybridized carbons (Fsp3) is 0.263. The minimum atomic E-state index is -0.329. The van der Waals surface area contributed by atoms with Crippen LogP contribution in [0.2, 0.25) is 5.02 Å². The van der Waals surface area contributed by atoms with Gasteiger partial charge in [-0.2, -0.15) is 0 Å². The van der Waals surface area contributed by atoms with Gasteiger partial charge in [0.05, 0.1) is 19.4 Å². The average Bonchev–Trinajstić information content (AvgIpc) is 2.63. The molecule has 0 saturated heterocycles. The van der Waals surface area contributed by atoms with Gasteiger partial charge < -0.3 is 19.6 Å². The number of benzene rings is 2. The molecule has 2 aromatic carbocycles. The fourth-order valence-corrected chi connectivity index (χ4v) is 2.19. The lowest BCUT2D eigenvalue weighted by atomic mass is 10.2. The predicted molar refractivity (Wildman–Crippen MR) is 102 cm³/mol. The lowest BCUT2D eigenvalue weighted by molar-refractivity contribution is -0.120. The van der Waals surface area contributed by atoms with Crippen molar-refractivity contribution in [2.45, 2.75) is 13.8 Å². The van der Waals surface area contributed by atoms with Crippen molar-refractivity contribution < 1.29 is 19.1 Å². The Kier molecular flexibility index (Phi) is 7.76. The Morgan fingerprint density at radius 1 is 1.08 bits per heavy atom. The molecule has 1 amide bonds. The Hall–Kier alpha value is -2.73. The molecule has 6 nitrogen and oxygen atoms in total. The Labute approximate surface area is 157 Å². The van der Waals surface area contributed by atoms with E-state index in [1.807, 2.05) is 13.8 Å². The summed E-state index contributed by atoms with van der Waals surface area (Å²) in [6.45, 7) is 4.60. The van der Waals surface area contributed by atoms with Gasteiger partial charge in [0.15, 0.2) is 18.1 Å². The molecule has 0 aliphatic rings. The first-order valence-electron chi connectivity index (χ1n) is 8.22. The summed E-state index contributed by atoms with van der Waals surface area (Å²) in [7, 11) is 0. The Morgan fingerprint density at radius 3 is 2.46 bits per heavy atom. The van der Waals surface area contributed by atoms with Crippen LogP contribution in [0.15, 0.2) is 47.6 Å². The summed E-state index contributed by atoms with van der Waals surface area (Å²) < 4.78 is 11.0. The third kappa shape index (κ3) is 6.29. The van der Waals surface area contributed by atoms with Crippen molar-refractivity contribution in [3.05, 3.63) is 53.1 Å². The van der Waals surface area contributed by atoms with Crippen LogP contribution in [0.25, 0.3) is 0 Å². The highest BCUT2D eigenvalue weighted by atomic mass is 35.5. The van der Waals surface area contributed by atoms with Crippen molar-refractivity contribution in [3.8, 4) is 11.5 Å².